The molecule has 3 rings (SSSR count). The van der Waals surface area contributed by atoms with Crippen LogP contribution in [0, 0.1) is 0 Å². The Kier molecular flexibility index (Phi) is 4.78. The van der Waals surface area contributed by atoms with Gasteiger partial charge in [0.05, 0.1) is 12.7 Å². The number of nitrogens with two attached hydrogens (primary N) is 1. The second-order valence-corrected chi connectivity index (χ2v) is 7.51. The Balaban J connectivity index is 1.78. The van der Waals surface area contributed by atoms with Gasteiger partial charge < -0.3 is 14.7 Å². The van der Waals surface area contributed by atoms with Crippen LogP contribution in [0.4, 0.5) is 5.82 Å². The summed E-state index contributed by atoms with van der Waals surface area (Å²) in [6.07, 6.45) is 2.28. The van der Waals surface area contributed by atoms with Crippen molar-refractivity contribution >= 4 is 26.9 Å². The third-order valence-corrected chi connectivity index (χ3v) is 4.97. The van der Waals surface area contributed by atoms with Crippen molar-refractivity contribution in [3.8, 4) is 5.75 Å². The Hall–Kier alpha value is -2.01. The summed E-state index contributed by atoms with van der Waals surface area (Å²) in [5, 5.41) is 16.3. The van der Waals surface area contributed by atoms with Crippen LogP contribution in [0.1, 0.15) is 12.8 Å². The lowest BCUT2D eigenvalue weighted by Gasteiger charge is -2.38. The molecule has 2 heterocycles. The molecule has 0 atom stereocenters. The number of methoxy groups -OCH3 is 1. The van der Waals surface area contributed by atoms with Crippen LogP contribution in [-0.2, 0) is 10.2 Å². The average Bonchev–Trinajstić information content (AvgIpc) is 2.59. The first-order valence-corrected chi connectivity index (χ1v) is 9.38. The van der Waals surface area contributed by atoms with E-state index >= 15 is 0 Å². The normalized spacial score (nSPS) is 17.6. The molecule has 0 unspecified atom stereocenters. The highest BCUT2D eigenvalue weighted by molar-refractivity contribution is 7.87. The van der Waals surface area contributed by atoms with E-state index in [0.29, 0.717) is 31.7 Å². The van der Waals surface area contributed by atoms with Crippen LogP contribution in [0.2, 0.25) is 0 Å². The number of aromatic nitrogens is 2. The molecule has 0 saturated carbocycles. The highest BCUT2D eigenvalue weighted by atomic mass is 32.2. The maximum absolute atomic E-state index is 11.0. The van der Waals surface area contributed by atoms with Gasteiger partial charge >= 0.3 is 0 Å². The van der Waals surface area contributed by atoms with E-state index in [1.807, 2.05) is 18.2 Å². The van der Waals surface area contributed by atoms with E-state index in [1.54, 1.807) is 7.11 Å². The van der Waals surface area contributed by atoms with Gasteiger partial charge in [0.2, 0.25) is 0 Å². The molecule has 10 heteroatoms. The monoisotopic (exact) mass is 367 g/mol. The molecule has 1 fully saturated rings. The minimum Gasteiger partial charge on any atom is -0.494 e. The Morgan fingerprint density at radius 3 is 2.72 bits per heavy atom. The molecule has 0 bridgehead atoms. The molecular formula is C15H21N5O4S. The maximum Gasteiger partial charge on any atom is 0.274 e. The third kappa shape index (κ3) is 3.98. The summed E-state index contributed by atoms with van der Waals surface area (Å²) in [5.41, 5.74) is -0.393. The van der Waals surface area contributed by atoms with Crippen LogP contribution in [0.3, 0.4) is 0 Å². The lowest BCUT2D eigenvalue weighted by atomic mass is 9.91. The topological polar surface area (TPSA) is 131 Å². The summed E-state index contributed by atoms with van der Waals surface area (Å²) in [6.45, 7) is 0.969. The van der Waals surface area contributed by atoms with Crippen molar-refractivity contribution in [1.82, 2.24) is 14.7 Å². The van der Waals surface area contributed by atoms with Crippen LogP contribution in [-0.4, -0.2) is 55.8 Å². The quantitative estimate of drug-likeness (QED) is 0.665. The van der Waals surface area contributed by atoms with Crippen LogP contribution in [0.25, 0.3) is 10.9 Å². The number of nitrogens with one attached hydrogen (secondary N) is 1. The number of hydrogen-bond donors (Lipinski definition) is 3. The van der Waals surface area contributed by atoms with Crippen molar-refractivity contribution in [2.75, 3.05) is 31.6 Å². The van der Waals surface area contributed by atoms with Crippen molar-refractivity contribution in [1.29, 1.82) is 0 Å². The van der Waals surface area contributed by atoms with E-state index in [2.05, 4.69) is 19.6 Å². The Labute approximate surface area is 146 Å². The molecule has 2 aromatic rings. The molecule has 1 aromatic heterocycles. The number of nitrogens with zero attached hydrogens (tertiary/aromatic N) is 3. The van der Waals surface area contributed by atoms with Crippen molar-refractivity contribution in [2.24, 2.45) is 5.14 Å². The van der Waals surface area contributed by atoms with Crippen LogP contribution in [0.5, 0.6) is 5.75 Å². The zero-order valence-electron chi connectivity index (χ0n) is 13.8. The number of piperidine rings is 1. The minimum absolute atomic E-state index is 0.0992. The van der Waals surface area contributed by atoms with Gasteiger partial charge in [-0.2, -0.15) is 13.1 Å². The minimum atomic E-state index is -3.82. The van der Waals surface area contributed by atoms with Gasteiger partial charge in [0, 0.05) is 25.0 Å². The van der Waals surface area contributed by atoms with Gasteiger partial charge in [0.1, 0.15) is 23.4 Å². The van der Waals surface area contributed by atoms with Gasteiger partial charge in [-0.3, -0.25) is 0 Å². The Morgan fingerprint density at radius 2 is 2.08 bits per heavy atom. The first kappa shape index (κ1) is 17.8. The van der Waals surface area contributed by atoms with E-state index in [0.717, 1.165) is 16.7 Å². The molecule has 1 aromatic carbocycles. The van der Waals surface area contributed by atoms with Gasteiger partial charge in [-0.25, -0.2) is 15.1 Å². The first-order chi connectivity index (χ1) is 11.8. The second kappa shape index (κ2) is 6.71. The fourth-order valence-corrected chi connectivity index (χ4v) is 3.48. The molecule has 4 N–H and O–H groups in total. The Morgan fingerprint density at radius 1 is 1.36 bits per heavy atom. The number of para-hydroxylation sites is 1. The standard InChI is InChI=1S/C15H21N5O4S/c1-24-12-4-2-3-11-13(12)17-10-18-14(11)20-7-5-15(21,6-8-20)9-19-25(16,22)23/h2-4,10,19,21H,5-9H2,1H3,(H2,16,22,23). The van der Waals surface area contributed by atoms with Gasteiger partial charge in [-0.1, -0.05) is 6.07 Å². The van der Waals surface area contributed by atoms with Gasteiger partial charge in [-0.15, -0.1) is 0 Å². The molecule has 1 aliphatic heterocycles. The van der Waals surface area contributed by atoms with Crippen molar-refractivity contribution < 1.29 is 18.3 Å². The second-order valence-electron chi connectivity index (χ2n) is 6.13. The molecule has 9 nitrogen and oxygen atoms in total. The fourth-order valence-electron chi connectivity index (χ4n) is 3.01. The van der Waals surface area contributed by atoms with Gasteiger partial charge in [-0.05, 0) is 25.0 Å². The maximum atomic E-state index is 11.0. The molecule has 0 amide bonds. The number of hydrogen-bond acceptors (Lipinski definition) is 7. The van der Waals surface area contributed by atoms with Gasteiger partial charge in [0.25, 0.3) is 10.2 Å². The summed E-state index contributed by atoms with van der Waals surface area (Å²) in [6, 6.07) is 5.65. The summed E-state index contributed by atoms with van der Waals surface area (Å²) in [4.78, 5) is 10.7. The molecule has 136 valence electrons. The molecule has 1 saturated heterocycles. The fraction of sp³-hybridized carbons (Fsp3) is 0.467. The van der Waals surface area contributed by atoms with E-state index in [-0.39, 0.29) is 6.54 Å². The molecule has 25 heavy (non-hydrogen) atoms. The van der Waals surface area contributed by atoms with Crippen LogP contribution >= 0.6 is 0 Å². The molecule has 0 radical (unpaired) electrons. The predicted octanol–water partition coefficient (Wildman–Crippen LogP) is -0.237. The van der Waals surface area contributed by atoms with Crippen molar-refractivity contribution in [3.05, 3.63) is 24.5 Å². The van der Waals surface area contributed by atoms with Crippen molar-refractivity contribution in [2.45, 2.75) is 18.4 Å². The highest BCUT2D eigenvalue weighted by Gasteiger charge is 2.34. The highest BCUT2D eigenvalue weighted by Crippen LogP contribution is 2.32. The SMILES string of the molecule is COc1cccc2c(N3CCC(O)(CNS(N)(=O)=O)CC3)ncnc12. The lowest BCUT2D eigenvalue weighted by Crippen LogP contribution is -2.52. The zero-order chi connectivity index (χ0) is 18.1. The first-order valence-electron chi connectivity index (χ1n) is 7.84. The summed E-state index contributed by atoms with van der Waals surface area (Å²) >= 11 is 0. The predicted molar refractivity (Wildman–Crippen MR) is 93.6 cm³/mol. The zero-order valence-corrected chi connectivity index (χ0v) is 14.7. The number of fused-ring (bicyclic) bond motifs is 1. The molecule has 0 spiro atoms. The third-order valence-electron chi connectivity index (χ3n) is 4.42. The number of anilines is 1. The van der Waals surface area contributed by atoms with Gasteiger partial charge in [0.15, 0.2) is 0 Å². The van der Waals surface area contributed by atoms with Crippen LogP contribution in [0.15, 0.2) is 24.5 Å². The number of rotatable bonds is 5. The van der Waals surface area contributed by atoms with E-state index < -0.39 is 15.8 Å². The number of benzene rings is 1. The van der Waals surface area contributed by atoms with Crippen LogP contribution < -0.4 is 19.5 Å². The van der Waals surface area contributed by atoms with E-state index in [9.17, 15) is 13.5 Å². The molecule has 0 aliphatic carbocycles. The van der Waals surface area contributed by atoms with E-state index in [4.69, 9.17) is 9.88 Å². The summed E-state index contributed by atoms with van der Waals surface area (Å²) < 4.78 is 29.6. The lowest BCUT2D eigenvalue weighted by molar-refractivity contribution is 0.0214. The van der Waals surface area contributed by atoms with E-state index in [1.165, 1.54) is 6.33 Å². The summed E-state index contributed by atoms with van der Waals surface area (Å²) in [7, 11) is -2.23. The average molecular weight is 367 g/mol. The van der Waals surface area contributed by atoms with Crippen molar-refractivity contribution in [3.63, 3.8) is 0 Å². The molecular weight excluding hydrogens is 346 g/mol. The Bertz CT molecular complexity index is 865. The smallest absolute Gasteiger partial charge is 0.274 e. The number of aliphatic hydroxyl groups is 1. The molecule has 1 aliphatic rings. The number of ether oxygens (including phenoxy) is 1. The largest absolute Gasteiger partial charge is 0.494 e. The summed E-state index contributed by atoms with van der Waals surface area (Å²) in [5.74, 6) is 1.44.